The molecule has 2 heterocycles. The molecule has 19 heavy (non-hydrogen) atoms. The fourth-order valence-corrected chi connectivity index (χ4v) is 3.67. The van der Waals surface area contributed by atoms with Gasteiger partial charge in [-0.15, -0.1) is 0 Å². The maximum atomic E-state index is 4.79. The van der Waals surface area contributed by atoms with E-state index in [0.717, 1.165) is 11.4 Å². The molecule has 0 amide bonds. The second-order valence-corrected chi connectivity index (χ2v) is 5.98. The number of nitrogens with zero attached hydrogens (tertiary/aromatic N) is 4. The van der Waals surface area contributed by atoms with Crippen LogP contribution in [0, 0.1) is 5.41 Å². The first-order valence-corrected chi connectivity index (χ1v) is 7.10. The van der Waals surface area contributed by atoms with Crippen LogP contribution in [0.5, 0.6) is 0 Å². The third-order valence-corrected chi connectivity index (χ3v) is 4.84. The molecule has 98 valence electrons. The summed E-state index contributed by atoms with van der Waals surface area (Å²) in [5, 5.41) is 4.57. The van der Waals surface area contributed by atoms with E-state index in [9.17, 15) is 0 Å². The minimum Gasteiger partial charge on any atom is -0.265 e. The van der Waals surface area contributed by atoms with Crippen LogP contribution < -0.4 is 0 Å². The van der Waals surface area contributed by atoms with Crippen LogP contribution in [0.1, 0.15) is 43.8 Å². The fourth-order valence-electron chi connectivity index (χ4n) is 3.67. The van der Waals surface area contributed by atoms with Crippen molar-refractivity contribution in [2.45, 2.75) is 38.0 Å². The molecule has 2 saturated carbocycles. The Morgan fingerprint density at radius 1 is 1.21 bits per heavy atom. The monoisotopic (exact) mass is 254 g/mol. The molecular weight excluding hydrogens is 236 g/mol. The second kappa shape index (κ2) is 3.89. The molecule has 4 heteroatoms. The van der Waals surface area contributed by atoms with Crippen LogP contribution in [0.25, 0.3) is 11.4 Å². The maximum Gasteiger partial charge on any atom is 0.181 e. The van der Waals surface area contributed by atoms with Crippen molar-refractivity contribution in [2.75, 3.05) is 0 Å². The van der Waals surface area contributed by atoms with Gasteiger partial charge in [0, 0.05) is 30.9 Å². The molecule has 2 aromatic heterocycles. The van der Waals surface area contributed by atoms with Crippen LogP contribution >= 0.6 is 0 Å². The molecule has 0 N–H and O–H groups in total. The predicted molar refractivity (Wildman–Crippen MR) is 72.5 cm³/mol. The van der Waals surface area contributed by atoms with E-state index in [0.29, 0.717) is 11.3 Å². The third kappa shape index (κ3) is 1.70. The highest BCUT2D eigenvalue weighted by atomic mass is 15.3. The molecule has 2 aromatic rings. The second-order valence-electron chi connectivity index (χ2n) is 5.98. The van der Waals surface area contributed by atoms with Gasteiger partial charge in [0.05, 0.1) is 0 Å². The molecule has 2 aliphatic carbocycles. The van der Waals surface area contributed by atoms with Gasteiger partial charge in [0.1, 0.15) is 5.82 Å². The Kier molecular flexibility index (Phi) is 2.28. The summed E-state index contributed by atoms with van der Waals surface area (Å²) in [6, 6.07) is 3.94. The summed E-state index contributed by atoms with van der Waals surface area (Å²) in [4.78, 5) is 8.83. The Bertz CT molecular complexity index is 596. The minimum absolute atomic E-state index is 0.580. The van der Waals surface area contributed by atoms with Crippen molar-refractivity contribution in [3.8, 4) is 11.4 Å². The molecule has 0 radical (unpaired) electrons. The lowest BCUT2D eigenvalue weighted by atomic mass is 10.0. The Labute approximate surface area is 112 Å². The van der Waals surface area contributed by atoms with E-state index in [4.69, 9.17) is 4.98 Å². The largest absolute Gasteiger partial charge is 0.265 e. The summed E-state index contributed by atoms with van der Waals surface area (Å²) >= 11 is 0. The van der Waals surface area contributed by atoms with Gasteiger partial charge in [-0.25, -0.2) is 4.98 Å². The Morgan fingerprint density at radius 3 is 2.68 bits per heavy atom. The van der Waals surface area contributed by atoms with E-state index in [2.05, 4.69) is 10.1 Å². The molecule has 0 aromatic carbocycles. The van der Waals surface area contributed by atoms with Gasteiger partial charge in [-0.1, -0.05) is 12.8 Å². The van der Waals surface area contributed by atoms with Gasteiger partial charge in [0.15, 0.2) is 5.82 Å². The van der Waals surface area contributed by atoms with Crippen molar-refractivity contribution in [1.29, 1.82) is 0 Å². The normalized spacial score (nSPS) is 23.9. The van der Waals surface area contributed by atoms with Crippen molar-refractivity contribution in [2.24, 2.45) is 12.5 Å². The highest BCUT2D eigenvalue weighted by molar-refractivity contribution is 5.53. The topological polar surface area (TPSA) is 43.6 Å². The molecule has 2 fully saturated rings. The lowest BCUT2D eigenvalue weighted by molar-refractivity contribution is 0.497. The molecule has 4 nitrogen and oxygen atoms in total. The van der Waals surface area contributed by atoms with E-state index in [1.807, 2.05) is 23.9 Å². The summed E-state index contributed by atoms with van der Waals surface area (Å²) in [5.74, 6) is 2.65. The zero-order valence-electron chi connectivity index (χ0n) is 11.2. The van der Waals surface area contributed by atoms with Gasteiger partial charge in [-0.3, -0.25) is 9.67 Å². The highest BCUT2D eigenvalue weighted by Gasteiger charge is 2.57. The molecule has 0 aliphatic heterocycles. The molecule has 4 rings (SSSR count). The van der Waals surface area contributed by atoms with Crippen LogP contribution in [0.3, 0.4) is 0 Å². The smallest absolute Gasteiger partial charge is 0.181 e. The van der Waals surface area contributed by atoms with Gasteiger partial charge >= 0.3 is 0 Å². The van der Waals surface area contributed by atoms with Gasteiger partial charge in [-0.2, -0.15) is 5.10 Å². The minimum atomic E-state index is 0.580. The lowest BCUT2D eigenvalue weighted by Crippen LogP contribution is -2.03. The SMILES string of the molecule is Cn1nc(-c2ccncc2)nc1[C@@H]1CC12CCCC2. The van der Waals surface area contributed by atoms with Crippen molar-refractivity contribution < 1.29 is 0 Å². The van der Waals surface area contributed by atoms with Crippen LogP contribution in [0.2, 0.25) is 0 Å². The van der Waals surface area contributed by atoms with Crippen molar-refractivity contribution >= 4 is 0 Å². The molecule has 1 atom stereocenters. The number of hydrogen-bond acceptors (Lipinski definition) is 3. The van der Waals surface area contributed by atoms with Crippen LogP contribution in [0.15, 0.2) is 24.5 Å². The quantitative estimate of drug-likeness (QED) is 0.827. The number of aryl methyl sites for hydroxylation is 1. The Balaban J connectivity index is 1.66. The van der Waals surface area contributed by atoms with Gasteiger partial charge in [-0.05, 0) is 36.8 Å². The maximum absolute atomic E-state index is 4.79. The predicted octanol–water partition coefficient (Wildman–Crippen LogP) is 2.92. The molecule has 0 bridgehead atoms. The van der Waals surface area contributed by atoms with Crippen LogP contribution in [0.4, 0.5) is 0 Å². The molecule has 2 aliphatic rings. The number of hydrogen-bond donors (Lipinski definition) is 0. The van der Waals surface area contributed by atoms with Crippen molar-refractivity contribution in [1.82, 2.24) is 19.7 Å². The molecule has 1 spiro atoms. The highest BCUT2D eigenvalue weighted by Crippen LogP contribution is 2.67. The first kappa shape index (κ1) is 11.1. The van der Waals surface area contributed by atoms with Crippen molar-refractivity contribution in [3.05, 3.63) is 30.4 Å². The first-order valence-electron chi connectivity index (χ1n) is 7.10. The summed E-state index contributed by atoms with van der Waals surface area (Å²) in [7, 11) is 2.02. The first-order chi connectivity index (χ1) is 9.28. The van der Waals surface area contributed by atoms with E-state index in [1.165, 1.54) is 37.9 Å². The third-order valence-electron chi connectivity index (χ3n) is 4.84. The molecule has 0 saturated heterocycles. The summed E-state index contributed by atoms with van der Waals surface area (Å²) in [6.07, 6.45) is 10.5. The summed E-state index contributed by atoms with van der Waals surface area (Å²) < 4.78 is 1.98. The Hall–Kier alpha value is -1.71. The summed E-state index contributed by atoms with van der Waals surface area (Å²) in [5.41, 5.74) is 1.63. The average Bonchev–Trinajstić information content (AvgIpc) is 2.76. The standard InChI is InChI=1S/C15H18N4/c1-19-14(12-10-15(12)6-2-3-7-15)17-13(18-19)11-4-8-16-9-5-11/h4-5,8-9,12H,2-3,6-7,10H2,1H3/t12-/m0/s1. The number of pyridine rings is 1. The number of aromatic nitrogens is 4. The van der Waals surface area contributed by atoms with Gasteiger partial charge in [0.2, 0.25) is 0 Å². The Morgan fingerprint density at radius 2 is 1.95 bits per heavy atom. The van der Waals surface area contributed by atoms with E-state index in [-0.39, 0.29) is 0 Å². The van der Waals surface area contributed by atoms with E-state index >= 15 is 0 Å². The van der Waals surface area contributed by atoms with Crippen LogP contribution in [-0.4, -0.2) is 19.7 Å². The zero-order chi connectivity index (χ0) is 12.9. The fraction of sp³-hybridized carbons (Fsp3) is 0.533. The van der Waals surface area contributed by atoms with Crippen molar-refractivity contribution in [3.63, 3.8) is 0 Å². The lowest BCUT2D eigenvalue weighted by Gasteiger charge is -2.06. The van der Waals surface area contributed by atoms with E-state index in [1.54, 1.807) is 12.4 Å². The molecule has 0 unspecified atom stereocenters. The average molecular weight is 254 g/mol. The number of rotatable bonds is 2. The van der Waals surface area contributed by atoms with E-state index < -0.39 is 0 Å². The van der Waals surface area contributed by atoms with Crippen LogP contribution in [-0.2, 0) is 7.05 Å². The zero-order valence-corrected chi connectivity index (χ0v) is 11.2. The molecular formula is C15H18N4. The summed E-state index contributed by atoms with van der Waals surface area (Å²) in [6.45, 7) is 0. The van der Waals surface area contributed by atoms with Gasteiger partial charge in [0.25, 0.3) is 0 Å². The van der Waals surface area contributed by atoms with Gasteiger partial charge < -0.3 is 0 Å².